The second kappa shape index (κ2) is 9.77. The number of aliphatic hydroxyl groups is 3. The van der Waals surface area contributed by atoms with Crippen LogP contribution in [0.25, 0.3) is 0 Å². The highest BCUT2D eigenvalue weighted by Gasteiger charge is 2.70. The Morgan fingerprint density at radius 1 is 1.07 bits per heavy atom. The number of Topliss-reactive ketones (excluding diaryl/α,β-unsaturated/α-hetero) is 1. The summed E-state index contributed by atoms with van der Waals surface area (Å²) in [6.45, 7) is 14.5. The van der Waals surface area contributed by atoms with Crippen molar-refractivity contribution in [2.45, 2.75) is 124 Å². The van der Waals surface area contributed by atoms with Crippen molar-refractivity contribution in [1.29, 1.82) is 0 Å². The van der Waals surface area contributed by atoms with Gasteiger partial charge in [-0.3, -0.25) is 9.59 Å². The van der Waals surface area contributed by atoms with E-state index in [2.05, 4.69) is 13.8 Å². The molecule has 0 saturated heterocycles. The summed E-state index contributed by atoms with van der Waals surface area (Å²) in [5.74, 6) is -1.92. The summed E-state index contributed by atoms with van der Waals surface area (Å²) < 4.78 is 5.71. The van der Waals surface area contributed by atoms with Crippen LogP contribution in [0.15, 0.2) is 22.8 Å². The van der Waals surface area contributed by atoms with Gasteiger partial charge in [-0.15, -0.1) is 0 Å². The van der Waals surface area contributed by atoms with Gasteiger partial charge in [0.05, 0.1) is 17.3 Å². The molecule has 0 aliphatic heterocycles. The van der Waals surface area contributed by atoms with Gasteiger partial charge in [0.1, 0.15) is 11.9 Å². The number of esters is 1. The number of aliphatic carboxylic acids is 1. The quantitative estimate of drug-likeness (QED) is 0.213. The minimum Gasteiger partial charge on any atom is -0.478 e. The number of carbonyl (C=O) groups is 3. The van der Waals surface area contributed by atoms with Crippen molar-refractivity contribution >= 4 is 17.7 Å². The number of ketones is 1. The predicted octanol–water partition coefficient (Wildman–Crippen LogP) is 4.35. The molecule has 8 heteroatoms. The molecule has 0 aromatic rings. The van der Waals surface area contributed by atoms with Gasteiger partial charge in [-0.05, 0) is 80.3 Å². The Labute approximate surface area is 237 Å². The van der Waals surface area contributed by atoms with Gasteiger partial charge in [0.25, 0.3) is 0 Å². The summed E-state index contributed by atoms with van der Waals surface area (Å²) >= 11 is 0. The average molecular weight is 561 g/mol. The zero-order chi connectivity index (χ0) is 30.2. The highest BCUT2D eigenvalue weighted by atomic mass is 16.5. The van der Waals surface area contributed by atoms with Crippen molar-refractivity contribution in [3.63, 3.8) is 0 Å². The SMILES string of the molecule is CC(=O)OC(CC=C(C)C(=O)O)C(C)C1CC(C)(O)C2=C3C(O)CC4C(C)(C)C(=O)CCC4(C)C3(O)CCC21C. The van der Waals surface area contributed by atoms with Crippen molar-refractivity contribution in [3.8, 4) is 0 Å². The first kappa shape index (κ1) is 30.9. The number of carboxylic acid groups (broad SMARTS) is 1. The summed E-state index contributed by atoms with van der Waals surface area (Å²) in [7, 11) is 0. The van der Waals surface area contributed by atoms with Crippen LogP contribution in [0.3, 0.4) is 0 Å². The molecule has 0 amide bonds. The van der Waals surface area contributed by atoms with Gasteiger partial charge in [0.15, 0.2) is 0 Å². The normalized spacial score (nSPS) is 42.4. The van der Waals surface area contributed by atoms with Gasteiger partial charge >= 0.3 is 11.9 Å². The van der Waals surface area contributed by atoms with E-state index in [4.69, 9.17) is 4.74 Å². The number of carbonyl (C=O) groups excluding carboxylic acids is 2. The van der Waals surface area contributed by atoms with Crippen LogP contribution < -0.4 is 0 Å². The molecule has 4 rings (SSSR count). The van der Waals surface area contributed by atoms with Crippen LogP contribution in [0.5, 0.6) is 0 Å². The van der Waals surface area contributed by atoms with Crippen LogP contribution in [0, 0.1) is 34.0 Å². The molecule has 8 nitrogen and oxygen atoms in total. The minimum atomic E-state index is -1.36. The zero-order valence-corrected chi connectivity index (χ0v) is 25.3. The van der Waals surface area contributed by atoms with Crippen molar-refractivity contribution in [1.82, 2.24) is 0 Å². The van der Waals surface area contributed by atoms with E-state index in [-0.39, 0.29) is 35.5 Å². The van der Waals surface area contributed by atoms with Crippen molar-refractivity contribution in [3.05, 3.63) is 22.8 Å². The number of rotatable bonds is 6. The Balaban J connectivity index is 1.81. The molecule has 4 N–H and O–H groups in total. The van der Waals surface area contributed by atoms with Crippen molar-refractivity contribution in [2.24, 2.45) is 34.0 Å². The lowest BCUT2D eigenvalue weighted by Crippen LogP contribution is -2.67. The Morgan fingerprint density at radius 3 is 2.27 bits per heavy atom. The largest absolute Gasteiger partial charge is 0.478 e. The molecule has 3 fully saturated rings. The van der Waals surface area contributed by atoms with E-state index in [0.717, 1.165) is 0 Å². The lowest BCUT2D eigenvalue weighted by Gasteiger charge is -2.64. The van der Waals surface area contributed by atoms with Crippen LogP contribution in [-0.2, 0) is 19.1 Å². The molecule has 0 aromatic heterocycles. The molecule has 9 unspecified atom stereocenters. The lowest BCUT2D eigenvalue weighted by molar-refractivity contribution is -0.189. The number of ether oxygens (including phenoxy) is 1. The Bertz CT molecular complexity index is 1160. The Morgan fingerprint density at radius 2 is 1.70 bits per heavy atom. The molecule has 0 bridgehead atoms. The smallest absolute Gasteiger partial charge is 0.330 e. The van der Waals surface area contributed by atoms with Gasteiger partial charge in [-0.2, -0.15) is 0 Å². The molecule has 40 heavy (non-hydrogen) atoms. The molecule has 0 radical (unpaired) electrons. The fourth-order valence-electron chi connectivity index (χ4n) is 9.52. The molecule has 4 aliphatic carbocycles. The molecule has 0 aromatic carbocycles. The van der Waals surface area contributed by atoms with E-state index in [0.29, 0.717) is 49.7 Å². The van der Waals surface area contributed by atoms with E-state index in [1.165, 1.54) is 13.8 Å². The standard InChI is InChI=1S/C32H48O8/c1-17(27(36)37)9-10-22(40-19(3)33)18(2)20-16-31(8,38)26-25-21(34)15-23-28(4,5)24(35)11-12-30(23,7)32(25,39)14-13-29(20,26)6/h9,18,20-23,34,38-39H,10-16H2,1-8H3,(H,36,37). The van der Waals surface area contributed by atoms with E-state index in [1.807, 2.05) is 20.8 Å². The van der Waals surface area contributed by atoms with Crippen molar-refractivity contribution < 1.29 is 39.5 Å². The number of aliphatic hydroxyl groups excluding tert-OH is 1. The predicted molar refractivity (Wildman–Crippen MR) is 149 cm³/mol. The Kier molecular flexibility index (Phi) is 7.55. The summed E-state index contributed by atoms with van der Waals surface area (Å²) in [6.07, 6.45) is 2.78. The van der Waals surface area contributed by atoms with E-state index in [1.54, 1.807) is 13.0 Å². The fraction of sp³-hybridized carbons (Fsp3) is 0.781. The third kappa shape index (κ3) is 4.40. The molecule has 4 aliphatic rings. The minimum absolute atomic E-state index is 0.153. The topological polar surface area (TPSA) is 141 Å². The van der Waals surface area contributed by atoms with Gasteiger partial charge < -0.3 is 25.2 Å². The Hall–Kier alpha value is -2.03. The van der Waals surface area contributed by atoms with Gasteiger partial charge in [-0.1, -0.05) is 40.7 Å². The number of hydrogen-bond acceptors (Lipinski definition) is 7. The maximum Gasteiger partial charge on any atom is 0.330 e. The van der Waals surface area contributed by atoms with Crippen LogP contribution in [0.2, 0.25) is 0 Å². The van der Waals surface area contributed by atoms with Gasteiger partial charge in [-0.25, -0.2) is 4.79 Å². The second-order valence-corrected chi connectivity index (χ2v) is 14.5. The van der Waals surface area contributed by atoms with Gasteiger partial charge in [0.2, 0.25) is 0 Å². The maximum absolute atomic E-state index is 12.9. The molecule has 0 heterocycles. The maximum atomic E-state index is 12.9. The molecular formula is C32H48O8. The first-order valence-electron chi connectivity index (χ1n) is 14.7. The number of fused-ring (bicyclic) bond motifs is 4. The summed E-state index contributed by atoms with van der Waals surface area (Å²) in [6, 6.07) is 0. The summed E-state index contributed by atoms with van der Waals surface area (Å²) in [5, 5.41) is 45.6. The molecule has 224 valence electrons. The fourth-order valence-corrected chi connectivity index (χ4v) is 9.52. The van der Waals surface area contributed by atoms with Gasteiger partial charge in [0, 0.05) is 36.2 Å². The first-order valence-corrected chi connectivity index (χ1v) is 14.7. The monoisotopic (exact) mass is 560 g/mol. The number of carboxylic acids is 1. The molecule has 0 spiro atoms. The third-order valence-corrected chi connectivity index (χ3v) is 11.8. The van der Waals surface area contributed by atoms with Crippen LogP contribution in [0.1, 0.15) is 100 Å². The zero-order valence-electron chi connectivity index (χ0n) is 25.3. The van der Waals surface area contributed by atoms with Crippen molar-refractivity contribution in [2.75, 3.05) is 0 Å². The van der Waals surface area contributed by atoms with E-state index >= 15 is 0 Å². The molecule has 3 saturated carbocycles. The summed E-state index contributed by atoms with van der Waals surface area (Å²) in [5.41, 5.74) is -3.18. The van der Waals surface area contributed by atoms with E-state index in [9.17, 15) is 34.8 Å². The molecule has 9 atom stereocenters. The van der Waals surface area contributed by atoms with E-state index < -0.39 is 51.6 Å². The number of hydrogen-bond donors (Lipinski definition) is 4. The van der Waals surface area contributed by atoms with Crippen LogP contribution in [0.4, 0.5) is 0 Å². The average Bonchev–Trinajstić information content (AvgIpc) is 3.06. The highest BCUT2D eigenvalue weighted by molar-refractivity contribution is 5.86. The second-order valence-electron chi connectivity index (χ2n) is 14.5. The molecular weight excluding hydrogens is 512 g/mol. The van der Waals surface area contributed by atoms with Crippen LogP contribution >= 0.6 is 0 Å². The highest BCUT2D eigenvalue weighted by Crippen LogP contribution is 2.70. The summed E-state index contributed by atoms with van der Waals surface area (Å²) in [4.78, 5) is 36.4. The first-order chi connectivity index (χ1) is 18.2. The third-order valence-electron chi connectivity index (χ3n) is 11.8. The lowest BCUT2D eigenvalue weighted by atomic mass is 9.41. The van der Waals surface area contributed by atoms with Crippen LogP contribution in [-0.4, -0.2) is 61.6 Å².